The number of nitrogens with zero attached hydrogens (tertiary/aromatic N) is 2. The summed E-state index contributed by atoms with van der Waals surface area (Å²) in [5.74, 6) is 1.39. The number of nitrogens with one attached hydrogen (secondary N) is 1. The number of benzene rings is 2. The number of ether oxygens (including phenoxy) is 1. The van der Waals surface area contributed by atoms with Crippen molar-refractivity contribution in [1.29, 1.82) is 0 Å². The summed E-state index contributed by atoms with van der Waals surface area (Å²) in [6, 6.07) is 19.2. The molecule has 0 unspecified atom stereocenters. The highest BCUT2D eigenvalue weighted by Gasteiger charge is 2.19. The molecule has 6 heteroatoms. The second-order valence-corrected chi connectivity index (χ2v) is 6.78. The van der Waals surface area contributed by atoms with Crippen LogP contribution in [0.15, 0.2) is 65.2 Å². The molecule has 0 saturated heterocycles. The van der Waals surface area contributed by atoms with E-state index in [9.17, 15) is 4.79 Å². The first-order valence-corrected chi connectivity index (χ1v) is 9.25. The molecule has 3 rings (SSSR count). The van der Waals surface area contributed by atoms with Crippen LogP contribution in [-0.2, 0) is 13.1 Å². The summed E-state index contributed by atoms with van der Waals surface area (Å²) in [6.45, 7) is 4.80. The van der Waals surface area contributed by atoms with Crippen LogP contribution in [0.25, 0.3) is 11.3 Å². The summed E-state index contributed by atoms with van der Waals surface area (Å²) in [4.78, 5) is 14.4. The molecule has 6 nitrogen and oxygen atoms in total. The first kappa shape index (κ1) is 19.5. The van der Waals surface area contributed by atoms with Gasteiger partial charge in [-0.1, -0.05) is 47.6 Å². The monoisotopic (exact) mass is 379 g/mol. The molecule has 1 heterocycles. The summed E-state index contributed by atoms with van der Waals surface area (Å²) in [7, 11) is 1.62. The third kappa shape index (κ3) is 4.91. The van der Waals surface area contributed by atoms with Crippen molar-refractivity contribution in [3.8, 4) is 17.1 Å². The molecular formula is C22H25N3O3. The van der Waals surface area contributed by atoms with Gasteiger partial charge in [0.2, 0.25) is 0 Å². The lowest BCUT2D eigenvalue weighted by molar-refractivity contribution is 0.177. The Bertz CT molecular complexity index is 906. The SMILES string of the molecule is COc1cccc(-c2cc(CN(C(=O)NCc3ccccc3)C(C)C)no2)c1. The molecular weight excluding hydrogens is 354 g/mol. The van der Waals surface area contributed by atoms with Crippen LogP contribution in [-0.4, -0.2) is 29.2 Å². The number of methoxy groups -OCH3 is 1. The lowest BCUT2D eigenvalue weighted by Crippen LogP contribution is -2.43. The van der Waals surface area contributed by atoms with Crippen molar-refractivity contribution in [1.82, 2.24) is 15.4 Å². The summed E-state index contributed by atoms with van der Waals surface area (Å²) in [5.41, 5.74) is 2.63. The van der Waals surface area contributed by atoms with E-state index in [0.29, 0.717) is 24.5 Å². The minimum atomic E-state index is -0.134. The molecule has 28 heavy (non-hydrogen) atoms. The zero-order chi connectivity index (χ0) is 19.9. The molecule has 0 saturated carbocycles. The standard InChI is InChI=1S/C22H25N3O3/c1-16(2)25(22(26)23-14-17-8-5-4-6-9-17)15-19-13-21(28-24-19)18-10-7-11-20(12-18)27-3/h4-13,16H,14-15H2,1-3H3,(H,23,26). The van der Waals surface area contributed by atoms with Gasteiger partial charge in [-0.25, -0.2) is 4.79 Å². The van der Waals surface area contributed by atoms with Crippen LogP contribution < -0.4 is 10.1 Å². The van der Waals surface area contributed by atoms with Gasteiger partial charge < -0.3 is 19.5 Å². The van der Waals surface area contributed by atoms with Crippen molar-refractivity contribution >= 4 is 6.03 Å². The number of urea groups is 1. The molecule has 0 radical (unpaired) electrons. The molecule has 1 N–H and O–H groups in total. The fourth-order valence-corrected chi connectivity index (χ4v) is 2.84. The van der Waals surface area contributed by atoms with Gasteiger partial charge in [-0.3, -0.25) is 0 Å². The summed E-state index contributed by atoms with van der Waals surface area (Å²) >= 11 is 0. The maximum absolute atomic E-state index is 12.7. The Morgan fingerprint density at radius 1 is 1.14 bits per heavy atom. The van der Waals surface area contributed by atoms with Crippen molar-refractivity contribution in [2.24, 2.45) is 0 Å². The number of rotatable bonds is 7. The van der Waals surface area contributed by atoms with Crippen molar-refractivity contribution in [3.05, 3.63) is 71.9 Å². The minimum absolute atomic E-state index is 0.0211. The first-order valence-electron chi connectivity index (χ1n) is 9.25. The number of carbonyl (C=O) groups is 1. The van der Waals surface area contributed by atoms with E-state index < -0.39 is 0 Å². The van der Waals surface area contributed by atoms with E-state index >= 15 is 0 Å². The number of hydrogen-bond donors (Lipinski definition) is 1. The Labute approximate surface area is 165 Å². The molecule has 1 aromatic heterocycles. The van der Waals surface area contributed by atoms with E-state index in [2.05, 4.69) is 10.5 Å². The molecule has 2 amide bonds. The first-order chi connectivity index (χ1) is 13.6. The smallest absolute Gasteiger partial charge is 0.318 e. The Morgan fingerprint density at radius 3 is 2.64 bits per heavy atom. The average molecular weight is 379 g/mol. The van der Waals surface area contributed by atoms with E-state index in [1.807, 2.05) is 74.5 Å². The van der Waals surface area contributed by atoms with Crippen LogP contribution in [0.3, 0.4) is 0 Å². The highest BCUT2D eigenvalue weighted by Crippen LogP contribution is 2.25. The molecule has 3 aromatic rings. The lowest BCUT2D eigenvalue weighted by atomic mass is 10.1. The van der Waals surface area contributed by atoms with Crippen molar-refractivity contribution in [2.45, 2.75) is 33.0 Å². The van der Waals surface area contributed by atoms with Gasteiger partial charge in [-0.2, -0.15) is 0 Å². The fraction of sp³-hybridized carbons (Fsp3) is 0.273. The quantitative estimate of drug-likeness (QED) is 0.658. The second kappa shape index (κ2) is 9.08. The highest BCUT2D eigenvalue weighted by atomic mass is 16.5. The van der Waals surface area contributed by atoms with Gasteiger partial charge >= 0.3 is 6.03 Å². The van der Waals surface area contributed by atoms with Crippen molar-refractivity contribution in [3.63, 3.8) is 0 Å². The van der Waals surface area contributed by atoms with E-state index in [4.69, 9.17) is 9.26 Å². The van der Waals surface area contributed by atoms with Crippen LogP contribution in [0.1, 0.15) is 25.1 Å². The van der Waals surface area contributed by atoms with Gasteiger partial charge in [0.1, 0.15) is 11.4 Å². The van der Waals surface area contributed by atoms with E-state index in [1.54, 1.807) is 12.0 Å². The molecule has 0 atom stereocenters. The van der Waals surface area contributed by atoms with Crippen LogP contribution >= 0.6 is 0 Å². The zero-order valence-electron chi connectivity index (χ0n) is 16.4. The Hall–Kier alpha value is -3.28. The third-order valence-electron chi connectivity index (χ3n) is 4.42. The van der Waals surface area contributed by atoms with E-state index in [1.165, 1.54) is 0 Å². The topological polar surface area (TPSA) is 67.6 Å². The molecule has 2 aromatic carbocycles. The minimum Gasteiger partial charge on any atom is -0.497 e. The molecule has 146 valence electrons. The van der Waals surface area contributed by atoms with Gasteiger partial charge in [-0.15, -0.1) is 0 Å². The molecule has 0 aliphatic heterocycles. The summed E-state index contributed by atoms with van der Waals surface area (Å²) in [6.07, 6.45) is 0. The van der Waals surface area contributed by atoms with Crippen LogP contribution in [0.2, 0.25) is 0 Å². The number of hydrogen-bond acceptors (Lipinski definition) is 4. The Morgan fingerprint density at radius 2 is 1.93 bits per heavy atom. The molecule has 0 bridgehead atoms. The fourth-order valence-electron chi connectivity index (χ4n) is 2.84. The maximum Gasteiger partial charge on any atom is 0.318 e. The van der Waals surface area contributed by atoms with Crippen molar-refractivity contribution in [2.75, 3.05) is 7.11 Å². The Balaban J connectivity index is 1.67. The predicted molar refractivity (Wildman–Crippen MR) is 108 cm³/mol. The lowest BCUT2D eigenvalue weighted by Gasteiger charge is -2.26. The Kier molecular flexibility index (Phi) is 6.32. The third-order valence-corrected chi connectivity index (χ3v) is 4.42. The van der Waals surface area contributed by atoms with E-state index in [-0.39, 0.29) is 12.1 Å². The number of carbonyl (C=O) groups excluding carboxylic acids is 1. The molecule has 0 fully saturated rings. The van der Waals surface area contributed by atoms with Crippen LogP contribution in [0.5, 0.6) is 5.75 Å². The second-order valence-electron chi connectivity index (χ2n) is 6.78. The molecule has 0 spiro atoms. The number of aromatic nitrogens is 1. The normalized spacial score (nSPS) is 10.7. The van der Waals surface area contributed by atoms with Crippen LogP contribution in [0, 0.1) is 0 Å². The van der Waals surface area contributed by atoms with Gasteiger partial charge in [-0.05, 0) is 31.5 Å². The summed E-state index contributed by atoms with van der Waals surface area (Å²) in [5, 5.41) is 7.10. The number of amides is 2. The van der Waals surface area contributed by atoms with Crippen molar-refractivity contribution < 1.29 is 14.1 Å². The van der Waals surface area contributed by atoms with Gasteiger partial charge in [0.05, 0.1) is 13.7 Å². The maximum atomic E-state index is 12.7. The summed E-state index contributed by atoms with van der Waals surface area (Å²) < 4.78 is 10.7. The van der Waals surface area contributed by atoms with Crippen LogP contribution in [0.4, 0.5) is 4.79 Å². The highest BCUT2D eigenvalue weighted by molar-refractivity contribution is 5.74. The van der Waals surface area contributed by atoms with Gasteiger partial charge in [0.25, 0.3) is 0 Å². The molecule has 0 aliphatic rings. The van der Waals surface area contributed by atoms with Gasteiger partial charge in [0, 0.05) is 24.2 Å². The largest absolute Gasteiger partial charge is 0.497 e. The van der Waals surface area contributed by atoms with Gasteiger partial charge in [0.15, 0.2) is 5.76 Å². The van der Waals surface area contributed by atoms with E-state index in [0.717, 1.165) is 16.9 Å². The average Bonchev–Trinajstić information content (AvgIpc) is 3.19. The molecule has 0 aliphatic carbocycles. The predicted octanol–water partition coefficient (Wildman–Crippen LogP) is 4.47. The zero-order valence-corrected chi connectivity index (χ0v) is 16.4.